The molecule has 0 aliphatic carbocycles. The van der Waals surface area contributed by atoms with Gasteiger partial charge in [-0.2, -0.15) is 0 Å². The number of carboxylic acids is 1. The van der Waals surface area contributed by atoms with Crippen molar-refractivity contribution in [1.82, 2.24) is 10.6 Å². The van der Waals surface area contributed by atoms with Crippen LogP contribution in [0.3, 0.4) is 0 Å². The fourth-order valence-corrected chi connectivity index (χ4v) is 2.00. The first kappa shape index (κ1) is 17.0. The molecule has 0 fully saturated rings. The van der Waals surface area contributed by atoms with Crippen LogP contribution in [0, 0.1) is 5.92 Å². The van der Waals surface area contributed by atoms with Gasteiger partial charge < -0.3 is 21.1 Å². The van der Waals surface area contributed by atoms with E-state index in [1.54, 1.807) is 6.07 Å². The lowest BCUT2D eigenvalue weighted by atomic mass is 10.0. The number of anilines is 1. The van der Waals surface area contributed by atoms with E-state index < -0.39 is 18.0 Å². The Morgan fingerprint density at radius 3 is 2.48 bits per heavy atom. The first-order chi connectivity index (χ1) is 9.93. The SMILES string of the molecule is CNCc1ccccc1NC(=O)N[C@@H](CC(C)C)C(=O)O. The number of nitrogens with one attached hydrogen (secondary N) is 3. The van der Waals surface area contributed by atoms with Gasteiger partial charge in [-0.3, -0.25) is 0 Å². The van der Waals surface area contributed by atoms with Gasteiger partial charge in [0, 0.05) is 12.2 Å². The van der Waals surface area contributed by atoms with E-state index in [1.165, 1.54) is 0 Å². The monoisotopic (exact) mass is 293 g/mol. The molecule has 0 heterocycles. The summed E-state index contributed by atoms with van der Waals surface area (Å²) in [7, 11) is 1.82. The van der Waals surface area contributed by atoms with Crippen molar-refractivity contribution < 1.29 is 14.7 Å². The molecule has 0 saturated carbocycles. The van der Waals surface area contributed by atoms with E-state index in [4.69, 9.17) is 5.11 Å². The van der Waals surface area contributed by atoms with Crippen LogP contribution < -0.4 is 16.0 Å². The Hall–Kier alpha value is -2.08. The minimum Gasteiger partial charge on any atom is -0.480 e. The fraction of sp³-hybridized carbons (Fsp3) is 0.467. The average molecular weight is 293 g/mol. The molecular weight excluding hydrogens is 270 g/mol. The molecule has 0 aliphatic heterocycles. The van der Waals surface area contributed by atoms with E-state index in [0.717, 1.165) is 5.56 Å². The summed E-state index contributed by atoms with van der Waals surface area (Å²) in [6.07, 6.45) is 0.390. The van der Waals surface area contributed by atoms with Crippen molar-refractivity contribution in [2.45, 2.75) is 32.9 Å². The minimum atomic E-state index is -1.03. The van der Waals surface area contributed by atoms with Gasteiger partial charge in [0.1, 0.15) is 6.04 Å². The van der Waals surface area contributed by atoms with E-state index in [1.807, 2.05) is 39.1 Å². The number of amides is 2. The molecule has 0 unspecified atom stereocenters. The maximum Gasteiger partial charge on any atom is 0.326 e. The predicted octanol–water partition coefficient (Wildman–Crippen LogP) is 2.03. The van der Waals surface area contributed by atoms with Crippen LogP contribution in [0.1, 0.15) is 25.8 Å². The second kappa shape index (κ2) is 8.26. The zero-order chi connectivity index (χ0) is 15.8. The summed E-state index contributed by atoms with van der Waals surface area (Å²) in [4.78, 5) is 23.1. The lowest BCUT2D eigenvalue weighted by Crippen LogP contribution is -2.43. The summed E-state index contributed by atoms with van der Waals surface area (Å²) in [5.41, 5.74) is 1.60. The van der Waals surface area contributed by atoms with Gasteiger partial charge in [0.25, 0.3) is 0 Å². The van der Waals surface area contributed by atoms with Crippen LogP contribution in [0.4, 0.5) is 10.5 Å². The van der Waals surface area contributed by atoms with Crippen molar-refractivity contribution in [1.29, 1.82) is 0 Å². The van der Waals surface area contributed by atoms with Gasteiger partial charge in [0.15, 0.2) is 0 Å². The van der Waals surface area contributed by atoms with Crippen LogP contribution in [-0.2, 0) is 11.3 Å². The van der Waals surface area contributed by atoms with Crippen LogP contribution >= 0.6 is 0 Å². The molecule has 4 N–H and O–H groups in total. The Morgan fingerprint density at radius 1 is 1.24 bits per heavy atom. The van der Waals surface area contributed by atoms with Gasteiger partial charge in [-0.1, -0.05) is 32.0 Å². The highest BCUT2D eigenvalue weighted by atomic mass is 16.4. The molecule has 0 saturated heterocycles. The first-order valence-corrected chi connectivity index (χ1v) is 6.96. The number of benzene rings is 1. The molecule has 1 aromatic carbocycles. The Morgan fingerprint density at radius 2 is 1.90 bits per heavy atom. The van der Waals surface area contributed by atoms with Crippen LogP contribution in [0.15, 0.2) is 24.3 Å². The number of urea groups is 1. The molecule has 0 bridgehead atoms. The van der Waals surface area contributed by atoms with E-state index in [0.29, 0.717) is 18.7 Å². The summed E-state index contributed by atoms with van der Waals surface area (Å²) >= 11 is 0. The van der Waals surface area contributed by atoms with Gasteiger partial charge >= 0.3 is 12.0 Å². The number of hydrogen-bond acceptors (Lipinski definition) is 3. The zero-order valence-corrected chi connectivity index (χ0v) is 12.6. The third-order valence-corrected chi connectivity index (χ3v) is 2.94. The van der Waals surface area contributed by atoms with Crippen molar-refractivity contribution in [2.24, 2.45) is 5.92 Å². The maximum absolute atomic E-state index is 12.0. The maximum atomic E-state index is 12.0. The topological polar surface area (TPSA) is 90.5 Å². The highest BCUT2D eigenvalue weighted by molar-refractivity contribution is 5.92. The molecule has 0 radical (unpaired) electrons. The Bertz CT molecular complexity index is 489. The van der Waals surface area contributed by atoms with Gasteiger partial charge in [0.05, 0.1) is 0 Å². The number of para-hydroxylation sites is 1. The van der Waals surface area contributed by atoms with Crippen molar-refractivity contribution in [3.8, 4) is 0 Å². The lowest BCUT2D eigenvalue weighted by molar-refractivity contribution is -0.139. The number of carbonyl (C=O) groups is 2. The van der Waals surface area contributed by atoms with Gasteiger partial charge in [-0.25, -0.2) is 9.59 Å². The Labute approximate surface area is 124 Å². The average Bonchev–Trinajstić information content (AvgIpc) is 2.40. The lowest BCUT2D eigenvalue weighted by Gasteiger charge is -2.18. The number of rotatable bonds is 7. The number of aliphatic carboxylic acids is 1. The highest BCUT2D eigenvalue weighted by Gasteiger charge is 2.21. The standard InChI is InChI=1S/C15H23N3O3/c1-10(2)8-13(14(19)20)18-15(21)17-12-7-5-4-6-11(12)9-16-3/h4-7,10,13,16H,8-9H2,1-3H3,(H,19,20)(H2,17,18,21)/t13-/m0/s1. The molecule has 1 aromatic rings. The number of hydrogen-bond donors (Lipinski definition) is 4. The smallest absolute Gasteiger partial charge is 0.326 e. The zero-order valence-electron chi connectivity index (χ0n) is 12.6. The second-order valence-electron chi connectivity index (χ2n) is 5.31. The third-order valence-electron chi connectivity index (χ3n) is 2.94. The number of carbonyl (C=O) groups excluding carboxylic acids is 1. The largest absolute Gasteiger partial charge is 0.480 e. The highest BCUT2D eigenvalue weighted by Crippen LogP contribution is 2.14. The molecule has 1 atom stereocenters. The third kappa shape index (κ3) is 5.83. The van der Waals surface area contributed by atoms with E-state index in [2.05, 4.69) is 16.0 Å². The van der Waals surface area contributed by atoms with E-state index in [-0.39, 0.29) is 5.92 Å². The molecule has 21 heavy (non-hydrogen) atoms. The second-order valence-corrected chi connectivity index (χ2v) is 5.31. The summed E-state index contributed by atoms with van der Waals surface area (Å²) in [6.45, 7) is 4.44. The number of carboxylic acid groups (broad SMARTS) is 1. The van der Waals surface area contributed by atoms with Crippen molar-refractivity contribution in [2.75, 3.05) is 12.4 Å². The molecule has 1 rings (SSSR count). The molecule has 116 valence electrons. The van der Waals surface area contributed by atoms with Gasteiger partial charge in [-0.15, -0.1) is 0 Å². The molecule has 0 spiro atoms. The first-order valence-electron chi connectivity index (χ1n) is 6.96. The van der Waals surface area contributed by atoms with Gasteiger partial charge in [-0.05, 0) is 31.0 Å². The predicted molar refractivity (Wildman–Crippen MR) is 82.2 cm³/mol. The normalized spacial score (nSPS) is 12.0. The van der Waals surface area contributed by atoms with Gasteiger partial charge in [0.2, 0.25) is 0 Å². The fourth-order valence-electron chi connectivity index (χ4n) is 2.00. The summed E-state index contributed by atoms with van der Waals surface area (Å²) in [6, 6.07) is 5.99. The van der Waals surface area contributed by atoms with E-state index in [9.17, 15) is 9.59 Å². The van der Waals surface area contributed by atoms with Crippen LogP contribution in [-0.4, -0.2) is 30.2 Å². The molecular formula is C15H23N3O3. The van der Waals surface area contributed by atoms with Crippen LogP contribution in [0.5, 0.6) is 0 Å². The molecule has 2 amide bonds. The Kier molecular flexibility index (Phi) is 6.68. The van der Waals surface area contributed by atoms with E-state index >= 15 is 0 Å². The molecule has 0 aromatic heterocycles. The van der Waals surface area contributed by atoms with Crippen molar-refractivity contribution in [3.63, 3.8) is 0 Å². The van der Waals surface area contributed by atoms with Crippen molar-refractivity contribution in [3.05, 3.63) is 29.8 Å². The molecule has 6 heteroatoms. The quantitative estimate of drug-likeness (QED) is 0.619. The van der Waals surface area contributed by atoms with Crippen LogP contribution in [0.25, 0.3) is 0 Å². The minimum absolute atomic E-state index is 0.183. The summed E-state index contributed by atoms with van der Waals surface area (Å²) in [5, 5.41) is 17.3. The van der Waals surface area contributed by atoms with Crippen LogP contribution in [0.2, 0.25) is 0 Å². The summed E-state index contributed by atoms with van der Waals surface area (Å²) in [5.74, 6) is -0.842. The van der Waals surface area contributed by atoms with Crippen molar-refractivity contribution >= 4 is 17.7 Å². The molecule has 6 nitrogen and oxygen atoms in total. The summed E-state index contributed by atoms with van der Waals surface area (Å²) < 4.78 is 0. The Balaban J connectivity index is 2.70. The molecule has 0 aliphatic rings.